The van der Waals surface area contributed by atoms with E-state index in [1.54, 1.807) is 41.7 Å². The highest BCUT2D eigenvalue weighted by Gasteiger charge is 2.28. The number of amides is 2. The molecule has 3 aromatic rings. The number of pyridine rings is 3. The van der Waals surface area contributed by atoms with Gasteiger partial charge < -0.3 is 10.2 Å². The largest absolute Gasteiger partial charge is 0.347 e. The normalized spacial score (nSPS) is 16.6. The molecule has 7 nitrogen and oxygen atoms in total. The molecule has 4 rings (SSSR count). The van der Waals surface area contributed by atoms with Gasteiger partial charge in [-0.15, -0.1) is 0 Å². The van der Waals surface area contributed by atoms with E-state index in [-0.39, 0.29) is 17.9 Å². The fraction of sp³-hybridized carbons (Fsp3) is 0.211. The van der Waals surface area contributed by atoms with E-state index in [9.17, 15) is 9.59 Å². The maximum atomic E-state index is 12.7. The van der Waals surface area contributed by atoms with Crippen molar-refractivity contribution in [3.8, 4) is 0 Å². The SMILES string of the molecule is O=C(N[C@H]1CCN(C(=O)c2ccc3cccnc3n2)C1)c1ccncc1. The molecule has 1 saturated heterocycles. The maximum Gasteiger partial charge on any atom is 0.272 e. The van der Waals surface area contributed by atoms with E-state index in [2.05, 4.69) is 20.3 Å². The van der Waals surface area contributed by atoms with Crippen LogP contribution in [0.1, 0.15) is 27.3 Å². The molecule has 1 aliphatic heterocycles. The molecular weight excluding hydrogens is 330 g/mol. The van der Waals surface area contributed by atoms with Crippen molar-refractivity contribution in [3.63, 3.8) is 0 Å². The molecule has 0 bridgehead atoms. The summed E-state index contributed by atoms with van der Waals surface area (Å²) in [5.74, 6) is -0.294. The highest BCUT2D eigenvalue weighted by molar-refractivity contribution is 5.95. The number of carbonyl (C=O) groups excluding carboxylic acids is 2. The third-order valence-electron chi connectivity index (χ3n) is 4.44. The summed E-state index contributed by atoms with van der Waals surface area (Å²) in [5.41, 5.74) is 1.49. The Morgan fingerprint density at radius 1 is 1.08 bits per heavy atom. The number of nitrogens with one attached hydrogen (secondary N) is 1. The van der Waals surface area contributed by atoms with Crippen molar-refractivity contribution < 1.29 is 9.59 Å². The van der Waals surface area contributed by atoms with Gasteiger partial charge in [-0.05, 0) is 42.8 Å². The second-order valence-electron chi connectivity index (χ2n) is 6.19. The monoisotopic (exact) mass is 347 g/mol. The summed E-state index contributed by atoms with van der Waals surface area (Å²) in [5, 5.41) is 3.86. The average Bonchev–Trinajstić information content (AvgIpc) is 3.16. The first kappa shape index (κ1) is 16.1. The first-order chi connectivity index (χ1) is 12.7. The fourth-order valence-corrected chi connectivity index (χ4v) is 3.07. The van der Waals surface area contributed by atoms with Crippen LogP contribution in [-0.2, 0) is 0 Å². The van der Waals surface area contributed by atoms with Gasteiger partial charge >= 0.3 is 0 Å². The zero-order valence-electron chi connectivity index (χ0n) is 14.0. The molecule has 0 spiro atoms. The number of carbonyl (C=O) groups is 2. The Morgan fingerprint density at radius 2 is 1.92 bits per heavy atom. The van der Waals surface area contributed by atoms with Gasteiger partial charge in [-0.2, -0.15) is 0 Å². The Balaban J connectivity index is 1.42. The van der Waals surface area contributed by atoms with Crippen LogP contribution >= 0.6 is 0 Å². The molecule has 1 aliphatic rings. The minimum Gasteiger partial charge on any atom is -0.347 e. The topological polar surface area (TPSA) is 88.1 Å². The number of hydrogen-bond donors (Lipinski definition) is 1. The van der Waals surface area contributed by atoms with Gasteiger partial charge in [-0.25, -0.2) is 9.97 Å². The molecule has 1 fully saturated rings. The van der Waals surface area contributed by atoms with Crippen molar-refractivity contribution in [2.45, 2.75) is 12.5 Å². The Morgan fingerprint density at radius 3 is 2.77 bits per heavy atom. The van der Waals surface area contributed by atoms with Crippen LogP contribution in [0.5, 0.6) is 0 Å². The van der Waals surface area contributed by atoms with Crippen LogP contribution in [0.15, 0.2) is 55.0 Å². The summed E-state index contributed by atoms with van der Waals surface area (Å²) >= 11 is 0. The summed E-state index contributed by atoms with van der Waals surface area (Å²) in [6.45, 7) is 1.06. The predicted octanol–water partition coefficient (Wildman–Crippen LogP) is 1.67. The molecule has 1 atom stereocenters. The quantitative estimate of drug-likeness (QED) is 0.779. The van der Waals surface area contributed by atoms with Crippen molar-refractivity contribution >= 4 is 22.8 Å². The number of likely N-dealkylation sites (tertiary alicyclic amines) is 1. The van der Waals surface area contributed by atoms with E-state index in [4.69, 9.17) is 0 Å². The van der Waals surface area contributed by atoms with Crippen LogP contribution in [0.4, 0.5) is 0 Å². The molecular formula is C19H17N5O2. The summed E-state index contributed by atoms with van der Waals surface area (Å²) in [6.07, 6.45) is 5.54. The minimum atomic E-state index is -0.153. The second-order valence-corrected chi connectivity index (χ2v) is 6.19. The lowest BCUT2D eigenvalue weighted by Crippen LogP contribution is -2.38. The first-order valence-corrected chi connectivity index (χ1v) is 8.42. The number of aromatic nitrogens is 3. The van der Waals surface area contributed by atoms with E-state index in [0.717, 1.165) is 5.39 Å². The van der Waals surface area contributed by atoms with E-state index < -0.39 is 0 Å². The zero-order valence-corrected chi connectivity index (χ0v) is 14.0. The Kier molecular flexibility index (Phi) is 4.27. The smallest absolute Gasteiger partial charge is 0.272 e. The summed E-state index contributed by atoms with van der Waals surface area (Å²) < 4.78 is 0. The average molecular weight is 347 g/mol. The van der Waals surface area contributed by atoms with Crippen molar-refractivity contribution in [2.75, 3.05) is 13.1 Å². The zero-order chi connectivity index (χ0) is 17.9. The van der Waals surface area contributed by atoms with Gasteiger partial charge in [0.05, 0.1) is 0 Å². The van der Waals surface area contributed by atoms with Crippen LogP contribution in [0, 0.1) is 0 Å². The Labute approximate surface area is 150 Å². The van der Waals surface area contributed by atoms with E-state index in [1.807, 2.05) is 18.2 Å². The molecule has 7 heteroatoms. The molecule has 3 aromatic heterocycles. The van der Waals surface area contributed by atoms with Gasteiger partial charge in [0.1, 0.15) is 5.69 Å². The van der Waals surface area contributed by atoms with E-state index in [1.165, 1.54) is 0 Å². The molecule has 0 aliphatic carbocycles. The molecule has 0 radical (unpaired) electrons. The van der Waals surface area contributed by atoms with Crippen LogP contribution in [0.2, 0.25) is 0 Å². The fourth-order valence-electron chi connectivity index (χ4n) is 3.07. The molecule has 26 heavy (non-hydrogen) atoms. The van der Waals surface area contributed by atoms with Crippen LogP contribution in [0.3, 0.4) is 0 Å². The number of fused-ring (bicyclic) bond motifs is 1. The molecule has 1 N–H and O–H groups in total. The first-order valence-electron chi connectivity index (χ1n) is 8.42. The molecule has 4 heterocycles. The second kappa shape index (κ2) is 6.87. The predicted molar refractivity (Wildman–Crippen MR) is 95.5 cm³/mol. The number of nitrogens with zero attached hydrogens (tertiary/aromatic N) is 4. The van der Waals surface area contributed by atoms with Gasteiger partial charge in [0.2, 0.25) is 0 Å². The minimum absolute atomic E-state index is 0.0711. The Bertz CT molecular complexity index is 960. The van der Waals surface area contributed by atoms with E-state index in [0.29, 0.717) is 36.4 Å². The number of hydrogen-bond acceptors (Lipinski definition) is 5. The Hall–Kier alpha value is -3.35. The maximum absolute atomic E-state index is 12.7. The lowest BCUT2D eigenvalue weighted by atomic mass is 10.2. The van der Waals surface area contributed by atoms with Crippen LogP contribution in [0.25, 0.3) is 11.0 Å². The lowest BCUT2D eigenvalue weighted by molar-refractivity contribution is 0.0778. The van der Waals surface area contributed by atoms with Gasteiger partial charge in [0.25, 0.3) is 11.8 Å². The van der Waals surface area contributed by atoms with Crippen LogP contribution in [-0.4, -0.2) is 50.8 Å². The molecule has 130 valence electrons. The van der Waals surface area contributed by atoms with Gasteiger partial charge in [0.15, 0.2) is 5.65 Å². The molecule has 0 saturated carbocycles. The summed E-state index contributed by atoms with van der Waals surface area (Å²) in [7, 11) is 0. The lowest BCUT2D eigenvalue weighted by Gasteiger charge is -2.17. The van der Waals surface area contributed by atoms with Crippen molar-refractivity contribution in [3.05, 3.63) is 66.2 Å². The summed E-state index contributed by atoms with van der Waals surface area (Å²) in [6, 6.07) is 10.6. The van der Waals surface area contributed by atoms with Crippen molar-refractivity contribution in [1.29, 1.82) is 0 Å². The van der Waals surface area contributed by atoms with Crippen molar-refractivity contribution in [1.82, 2.24) is 25.2 Å². The van der Waals surface area contributed by atoms with Gasteiger partial charge in [0, 0.05) is 48.7 Å². The van der Waals surface area contributed by atoms with Crippen molar-refractivity contribution in [2.24, 2.45) is 0 Å². The summed E-state index contributed by atoms with van der Waals surface area (Å²) in [4.78, 5) is 39.1. The molecule has 0 unspecified atom stereocenters. The highest BCUT2D eigenvalue weighted by Crippen LogP contribution is 2.15. The van der Waals surface area contributed by atoms with Gasteiger partial charge in [-0.3, -0.25) is 14.6 Å². The van der Waals surface area contributed by atoms with Gasteiger partial charge in [-0.1, -0.05) is 0 Å². The third kappa shape index (κ3) is 3.23. The standard InChI is InChI=1S/C19H17N5O2/c25-18(14-5-9-20-10-6-14)22-15-7-11-24(12-15)19(26)16-4-3-13-2-1-8-21-17(13)23-16/h1-6,8-10,15H,7,11-12H2,(H,22,25)/t15-/m0/s1. The molecule has 0 aromatic carbocycles. The number of rotatable bonds is 3. The third-order valence-corrected chi connectivity index (χ3v) is 4.44. The van der Waals surface area contributed by atoms with E-state index >= 15 is 0 Å². The highest BCUT2D eigenvalue weighted by atomic mass is 16.2. The molecule has 2 amide bonds. The van der Waals surface area contributed by atoms with Crippen LogP contribution < -0.4 is 5.32 Å².